The Hall–Kier alpha value is -3.16. The van der Waals surface area contributed by atoms with Crippen LogP contribution in [-0.4, -0.2) is 31.5 Å². The molecule has 8 heteroatoms. The summed E-state index contributed by atoms with van der Waals surface area (Å²) >= 11 is 0. The fourth-order valence-electron chi connectivity index (χ4n) is 5.66. The number of hydrogen-bond acceptors (Lipinski definition) is 7. The van der Waals surface area contributed by atoms with Crippen LogP contribution in [0.2, 0.25) is 0 Å². The maximum atomic E-state index is 13.0. The highest BCUT2D eigenvalue weighted by Crippen LogP contribution is 2.48. The molecule has 3 aromatic rings. The predicted molar refractivity (Wildman–Crippen MR) is 147 cm³/mol. The van der Waals surface area contributed by atoms with Gasteiger partial charge in [-0.2, -0.15) is 0 Å². The molecule has 0 N–H and O–H groups in total. The van der Waals surface area contributed by atoms with Crippen molar-refractivity contribution in [3.05, 3.63) is 59.4 Å². The predicted octanol–water partition coefficient (Wildman–Crippen LogP) is 6.78. The van der Waals surface area contributed by atoms with Gasteiger partial charge < -0.3 is 18.6 Å². The highest BCUT2D eigenvalue weighted by Gasteiger charge is 2.40. The van der Waals surface area contributed by atoms with Crippen molar-refractivity contribution in [2.24, 2.45) is 11.8 Å². The number of esters is 1. The van der Waals surface area contributed by atoms with Crippen LogP contribution in [0.25, 0.3) is 0 Å². The average Bonchev–Trinajstić information content (AvgIpc) is 3.43. The third-order valence-electron chi connectivity index (χ3n) is 7.48. The Bertz CT molecular complexity index is 1230. The zero-order valence-corrected chi connectivity index (χ0v) is 23.9. The Balaban J connectivity index is 1.34. The molecule has 2 fully saturated rings. The van der Waals surface area contributed by atoms with Crippen molar-refractivity contribution in [2.45, 2.75) is 110 Å². The number of nitrogens with zero attached hydrogens (tertiary/aromatic N) is 4. The van der Waals surface area contributed by atoms with Gasteiger partial charge in [0.1, 0.15) is 29.6 Å². The van der Waals surface area contributed by atoms with E-state index >= 15 is 0 Å². The monoisotopic (exact) mass is 534 g/mol. The van der Waals surface area contributed by atoms with Crippen LogP contribution in [0.5, 0.6) is 5.88 Å². The summed E-state index contributed by atoms with van der Waals surface area (Å²) in [5.41, 5.74) is 0.500. The van der Waals surface area contributed by atoms with Crippen molar-refractivity contribution in [1.82, 2.24) is 19.9 Å². The first-order chi connectivity index (χ1) is 18.6. The molecule has 0 radical (unpaired) electrons. The van der Waals surface area contributed by atoms with Gasteiger partial charge in [0.25, 0.3) is 5.88 Å². The topological polar surface area (TPSA) is 92.3 Å². The van der Waals surface area contributed by atoms with E-state index in [4.69, 9.17) is 24.2 Å². The van der Waals surface area contributed by atoms with E-state index in [9.17, 15) is 4.79 Å². The molecular formula is C31H42N4O4. The van der Waals surface area contributed by atoms with Gasteiger partial charge in [0, 0.05) is 30.4 Å². The second-order valence-corrected chi connectivity index (χ2v) is 12.8. The molecular weight excluding hydrogens is 492 g/mol. The molecule has 0 saturated heterocycles. The molecule has 1 aromatic carbocycles. The number of rotatable bonds is 12. The summed E-state index contributed by atoms with van der Waals surface area (Å²) in [6.45, 7) is 10.7. The van der Waals surface area contributed by atoms with Crippen LogP contribution in [-0.2, 0) is 22.6 Å². The molecule has 5 rings (SSSR count). The first-order valence-electron chi connectivity index (χ1n) is 14.4. The summed E-state index contributed by atoms with van der Waals surface area (Å²) in [6.07, 6.45) is 6.52. The van der Waals surface area contributed by atoms with Crippen molar-refractivity contribution < 1.29 is 18.8 Å². The SMILES string of the molecule is CC(C)C[C@H]1C[C@@H](c2nnc(C(CC(=O)OC(C)(C)C)Cc3cc(OCc4ccccc4)no3)n2C2CC2)C1. The highest BCUT2D eigenvalue weighted by molar-refractivity contribution is 5.71. The van der Waals surface area contributed by atoms with Crippen molar-refractivity contribution >= 4 is 5.97 Å². The van der Waals surface area contributed by atoms with Crippen LogP contribution in [0, 0.1) is 11.8 Å². The summed E-state index contributed by atoms with van der Waals surface area (Å²) in [7, 11) is 0. The molecule has 0 bridgehead atoms. The molecule has 1 unspecified atom stereocenters. The number of ether oxygens (including phenoxy) is 2. The lowest BCUT2D eigenvalue weighted by Gasteiger charge is -2.36. The third-order valence-corrected chi connectivity index (χ3v) is 7.48. The van der Waals surface area contributed by atoms with Gasteiger partial charge in [-0.15, -0.1) is 10.2 Å². The van der Waals surface area contributed by atoms with Crippen LogP contribution in [0.3, 0.4) is 0 Å². The van der Waals surface area contributed by atoms with Crippen LogP contribution >= 0.6 is 0 Å². The maximum Gasteiger partial charge on any atom is 0.307 e. The zero-order chi connectivity index (χ0) is 27.6. The molecule has 2 aliphatic carbocycles. The molecule has 2 heterocycles. The van der Waals surface area contributed by atoms with Gasteiger partial charge in [-0.25, -0.2) is 0 Å². The lowest BCUT2D eigenvalue weighted by Crippen LogP contribution is -2.27. The Morgan fingerprint density at radius 3 is 2.54 bits per heavy atom. The molecule has 0 spiro atoms. The van der Waals surface area contributed by atoms with E-state index < -0.39 is 5.60 Å². The average molecular weight is 535 g/mol. The van der Waals surface area contributed by atoms with Crippen molar-refractivity contribution in [2.75, 3.05) is 0 Å². The van der Waals surface area contributed by atoms with E-state index in [1.54, 1.807) is 0 Å². The van der Waals surface area contributed by atoms with Crippen LogP contribution in [0.1, 0.15) is 114 Å². The van der Waals surface area contributed by atoms with Gasteiger partial charge in [0.2, 0.25) is 0 Å². The number of carbonyl (C=O) groups is 1. The first kappa shape index (κ1) is 27.4. The Kier molecular flexibility index (Phi) is 8.10. The minimum atomic E-state index is -0.557. The molecule has 2 aromatic heterocycles. The third kappa shape index (κ3) is 7.28. The lowest BCUT2D eigenvalue weighted by molar-refractivity contribution is -0.155. The summed E-state index contributed by atoms with van der Waals surface area (Å²) in [5.74, 6) is 4.47. The van der Waals surface area contributed by atoms with Gasteiger partial charge in [-0.3, -0.25) is 4.79 Å². The molecule has 8 nitrogen and oxygen atoms in total. The van der Waals surface area contributed by atoms with Crippen molar-refractivity contribution in [3.8, 4) is 5.88 Å². The minimum Gasteiger partial charge on any atom is -0.471 e. The second kappa shape index (κ2) is 11.5. The van der Waals surface area contributed by atoms with Crippen LogP contribution in [0.15, 0.2) is 40.9 Å². The van der Waals surface area contributed by atoms with E-state index in [0.29, 0.717) is 36.6 Å². The summed E-state index contributed by atoms with van der Waals surface area (Å²) in [6, 6.07) is 12.2. The Labute approximate surface area is 231 Å². The van der Waals surface area contributed by atoms with Gasteiger partial charge in [-0.1, -0.05) is 44.2 Å². The van der Waals surface area contributed by atoms with E-state index in [2.05, 4.69) is 23.6 Å². The second-order valence-electron chi connectivity index (χ2n) is 12.8. The molecule has 2 saturated carbocycles. The molecule has 1 atom stereocenters. The van der Waals surface area contributed by atoms with Crippen LogP contribution < -0.4 is 4.74 Å². The zero-order valence-electron chi connectivity index (χ0n) is 23.9. The summed E-state index contributed by atoms with van der Waals surface area (Å²) in [4.78, 5) is 13.0. The number of hydrogen-bond donors (Lipinski definition) is 0. The number of aromatic nitrogens is 4. The first-order valence-corrected chi connectivity index (χ1v) is 14.4. The van der Waals surface area contributed by atoms with Gasteiger partial charge >= 0.3 is 5.97 Å². The minimum absolute atomic E-state index is 0.198. The molecule has 2 aliphatic rings. The summed E-state index contributed by atoms with van der Waals surface area (Å²) in [5, 5.41) is 13.5. The fourth-order valence-corrected chi connectivity index (χ4v) is 5.66. The van der Waals surface area contributed by atoms with E-state index in [1.165, 1.54) is 19.3 Å². The molecule has 210 valence electrons. The highest BCUT2D eigenvalue weighted by atomic mass is 16.6. The van der Waals surface area contributed by atoms with E-state index in [-0.39, 0.29) is 18.3 Å². The molecule has 0 amide bonds. The van der Waals surface area contributed by atoms with Crippen LogP contribution in [0.4, 0.5) is 0 Å². The number of carbonyl (C=O) groups excluding carboxylic acids is 1. The lowest BCUT2D eigenvalue weighted by atomic mass is 9.71. The fraction of sp³-hybridized carbons (Fsp3) is 0.613. The summed E-state index contributed by atoms with van der Waals surface area (Å²) < 4.78 is 19.5. The van der Waals surface area contributed by atoms with Gasteiger partial charge in [0.15, 0.2) is 0 Å². The van der Waals surface area contributed by atoms with E-state index in [1.807, 2.05) is 57.2 Å². The molecule has 39 heavy (non-hydrogen) atoms. The quantitative estimate of drug-likeness (QED) is 0.237. The Morgan fingerprint density at radius 2 is 1.87 bits per heavy atom. The Morgan fingerprint density at radius 1 is 1.13 bits per heavy atom. The van der Waals surface area contributed by atoms with Gasteiger partial charge in [0.05, 0.1) is 6.42 Å². The van der Waals surface area contributed by atoms with E-state index in [0.717, 1.165) is 41.9 Å². The van der Waals surface area contributed by atoms with Crippen molar-refractivity contribution in [1.29, 1.82) is 0 Å². The largest absolute Gasteiger partial charge is 0.471 e. The smallest absolute Gasteiger partial charge is 0.307 e. The van der Waals surface area contributed by atoms with Gasteiger partial charge in [-0.05, 0) is 75.4 Å². The normalized spacial score (nSPS) is 20.1. The molecule has 0 aliphatic heterocycles. The maximum absolute atomic E-state index is 13.0. The number of benzene rings is 1. The standard InChI is InChI=1S/C31H42N4O4/c1-20(2)13-22-14-23(15-22)29-32-33-30(35(29)25-11-12-25)24(17-28(36)38-31(3,4)5)16-26-18-27(34-39-26)37-19-21-9-7-6-8-10-21/h6-10,18,20,22-25H,11-17,19H2,1-5H3/t22-,23+,24?. The van der Waals surface area contributed by atoms with Crippen molar-refractivity contribution in [3.63, 3.8) is 0 Å².